The Labute approximate surface area is 146 Å². The van der Waals surface area contributed by atoms with Crippen molar-refractivity contribution < 1.29 is 22.7 Å². The van der Waals surface area contributed by atoms with Crippen LogP contribution in [0.2, 0.25) is 0 Å². The summed E-state index contributed by atoms with van der Waals surface area (Å²) >= 11 is 0. The molecule has 0 aromatic heterocycles. The topological polar surface area (TPSA) is 93.7 Å². The third kappa shape index (κ3) is 4.71. The summed E-state index contributed by atoms with van der Waals surface area (Å²) in [5, 5.41) is 2.61. The third-order valence-electron chi connectivity index (χ3n) is 3.59. The number of hydrogen-bond acceptors (Lipinski definition) is 5. The second-order valence-electron chi connectivity index (χ2n) is 5.68. The van der Waals surface area contributed by atoms with Gasteiger partial charge in [-0.2, -0.15) is 0 Å². The molecule has 0 atom stereocenters. The number of benzene rings is 2. The predicted octanol–water partition coefficient (Wildman–Crippen LogP) is 1.78. The molecule has 0 radical (unpaired) electrons. The van der Waals surface area contributed by atoms with Gasteiger partial charge < -0.3 is 14.8 Å². The number of nitrogens with one attached hydrogen (secondary N) is 2. The lowest BCUT2D eigenvalue weighted by Crippen LogP contribution is -2.33. The quantitative estimate of drug-likeness (QED) is 0.817. The first kappa shape index (κ1) is 17.2. The van der Waals surface area contributed by atoms with Crippen molar-refractivity contribution in [3.05, 3.63) is 53.6 Å². The summed E-state index contributed by atoms with van der Waals surface area (Å²) in [4.78, 5) is 11.9. The molecule has 0 spiro atoms. The number of anilines is 1. The van der Waals surface area contributed by atoms with E-state index in [4.69, 9.17) is 9.47 Å². The fourth-order valence-corrected chi connectivity index (χ4v) is 3.39. The molecule has 0 saturated heterocycles. The predicted molar refractivity (Wildman–Crippen MR) is 93.0 cm³/mol. The van der Waals surface area contributed by atoms with Gasteiger partial charge >= 0.3 is 0 Å². The highest BCUT2D eigenvalue weighted by molar-refractivity contribution is 7.88. The van der Waals surface area contributed by atoms with E-state index >= 15 is 0 Å². The van der Waals surface area contributed by atoms with E-state index in [-0.39, 0.29) is 19.1 Å². The zero-order chi connectivity index (χ0) is 17.9. The van der Waals surface area contributed by atoms with E-state index in [1.54, 1.807) is 30.3 Å². The standard InChI is InChI=1S/C17H18N2O5S/c1-12-2-4-13(5-3-12)10-25(21,22)18-9-17(20)19-14-6-7-15-16(8-14)24-11-23-15/h2-8,18H,9-11H2,1H3,(H,19,20). The highest BCUT2D eigenvalue weighted by Crippen LogP contribution is 2.34. The maximum Gasteiger partial charge on any atom is 0.239 e. The molecular weight excluding hydrogens is 344 g/mol. The molecule has 132 valence electrons. The molecule has 0 saturated carbocycles. The molecule has 1 amide bonds. The van der Waals surface area contributed by atoms with Gasteiger partial charge in [-0.15, -0.1) is 0 Å². The maximum absolute atomic E-state index is 12.1. The Bertz CT molecular complexity index is 878. The Morgan fingerprint density at radius 1 is 1.08 bits per heavy atom. The summed E-state index contributed by atoms with van der Waals surface area (Å²) in [7, 11) is -3.60. The van der Waals surface area contributed by atoms with Gasteiger partial charge in [0.25, 0.3) is 0 Å². The summed E-state index contributed by atoms with van der Waals surface area (Å²) < 4.78 is 36.8. The van der Waals surface area contributed by atoms with E-state index in [2.05, 4.69) is 10.0 Å². The van der Waals surface area contributed by atoms with Crippen molar-refractivity contribution in [2.75, 3.05) is 18.7 Å². The molecule has 0 bridgehead atoms. The van der Waals surface area contributed by atoms with Crippen LogP contribution in [0, 0.1) is 6.92 Å². The Hall–Kier alpha value is -2.58. The molecular formula is C17H18N2O5S. The number of amides is 1. The zero-order valence-electron chi connectivity index (χ0n) is 13.6. The summed E-state index contributed by atoms with van der Waals surface area (Å²) in [6.07, 6.45) is 0. The van der Waals surface area contributed by atoms with Crippen LogP contribution in [0.5, 0.6) is 11.5 Å². The van der Waals surface area contributed by atoms with Crippen molar-refractivity contribution >= 4 is 21.6 Å². The summed E-state index contributed by atoms with van der Waals surface area (Å²) in [5.74, 6) is 0.505. The number of carbonyl (C=O) groups excluding carboxylic acids is 1. The molecule has 1 heterocycles. The minimum absolute atomic E-state index is 0.144. The second kappa shape index (κ2) is 7.12. The molecule has 1 aliphatic heterocycles. The number of sulfonamides is 1. The Morgan fingerprint density at radius 3 is 2.56 bits per heavy atom. The van der Waals surface area contributed by atoms with E-state index < -0.39 is 15.9 Å². The van der Waals surface area contributed by atoms with Crippen molar-refractivity contribution in [2.24, 2.45) is 0 Å². The fraction of sp³-hybridized carbons (Fsp3) is 0.235. The lowest BCUT2D eigenvalue weighted by atomic mass is 10.2. The maximum atomic E-state index is 12.1. The van der Waals surface area contributed by atoms with E-state index in [0.29, 0.717) is 22.7 Å². The first-order chi connectivity index (χ1) is 11.9. The SMILES string of the molecule is Cc1ccc(CS(=O)(=O)NCC(=O)Nc2ccc3c(c2)OCO3)cc1. The van der Waals surface area contributed by atoms with Crippen molar-refractivity contribution in [1.82, 2.24) is 4.72 Å². The van der Waals surface area contributed by atoms with Gasteiger partial charge in [-0.05, 0) is 24.6 Å². The Morgan fingerprint density at radius 2 is 1.80 bits per heavy atom. The molecule has 3 rings (SSSR count). The van der Waals surface area contributed by atoms with Crippen molar-refractivity contribution in [3.8, 4) is 11.5 Å². The van der Waals surface area contributed by atoms with Crippen LogP contribution in [-0.4, -0.2) is 27.7 Å². The Kier molecular flexibility index (Phi) is 4.91. The van der Waals surface area contributed by atoms with E-state index in [1.165, 1.54) is 0 Å². The van der Waals surface area contributed by atoms with Crippen molar-refractivity contribution in [1.29, 1.82) is 0 Å². The van der Waals surface area contributed by atoms with Gasteiger partial charge in [0.05, 0.1) is 12.3 Å². The first-order valence-corrected chi connectivity index (χ1v) is 9.29. The van der Waals surface area contributed by atoms with Crippen LogP contribution in [-0.2, 0) is 20.6 Å². The smallest absolute Gasteiger partial charge is 0.239 e. The summed E-state index contributed by atoms with van der Waals surface area (Å²) in [6.45, 7) is 1.73. The van der Waals surface area contributed by atoms with Crippen LogP contribution in [0.1, 0.15) is 11.1 Å². The molecule has 0 aliphatic carbocycles. The third-order valence-corrected chi connectivity index (χ3v) is 4.88. The minimum Gasteiger partial charge on any atom is -0.454 e. The molecule has 2 N–H and O–H groups in total. The minimum atomic E-state index is -3.60. The number of fused-ring (bicyclic) bond motifs is 1. The van der Waals surface area contributed by atoms with Gasteiger partial charge in [0.1, 0.15) is 0 Å². The highest BCUT2D eigenvalue weighted by Gasteiger charge is 2.16. The molecule has 8 heteroatoms. The summed E-state index contributed by atoms with van der Waals surface area (Å²) in [6, 6.07) is 12.2. The number of rotatable bonds is 6. The second-order valence-corrected chi connectivity index (χ2v) is 7.49. The van der Waals surface area contributed by atoms with Gasteiger partial charge in [-0.1, -0.05) is 29.8 Å². The number of carbonyl (C=O) groups is 1. The van der Waals surface area contributed by atoms with Crippen LogP contribution in [0.15, 0.2) is 42.5 Å². The largest absolute Gasteiger partial charge is 0.454 e. The molecule has 0 fully saturated rings. The van der Waals surface area contributed by atoms with Gasteiger partial charge in [-0.25, -0.2) is 13.1 Å². The molecule has 2 aromatic carbocycles. The molecule has 25 heavy (non-hydrogen) atoms. The first-order valence-electron chi connectivity index (χ1n) is 7.64. The van der Waals surface area contributed by atoms with E-state index in [1.807, 2.05) is 19.1 Å². The van der Waals surface area contributed by atoms with Crippen LogP contribution in [0.3, 0.4) is 0 Å². The molecule has 2 aromatic rings. The van der Waals surface area contributed by atoms with Gasteiger partial charge in [0.15, 0.2) is 11.5 Å². The zero-order valence-corrected chi connectivity index (χ0v) is 14.4. The lowest BCUT2D eigenvalue weighted by Gasteiger charge is -2.09. The van der Waals surface area contributed by atoms with Crippen LogP contribution in [0.25, 0.3) is 0 Å². The average molecular weight is 362 g/mol. The molecule has 0 unspecified atom stereocenters. The average Bonchev–Trinajstić information content (AvgIpc) is 3.03. The lowest BCUT2D eigenvalue weighted by molar-refractivity contribution is -0.115. The van der Waals surface area contributed by atoms with Crippen LogP contribution >= 0.6 is 0 Å². The number of hydrogen-bond donors (Lipinski definition) is 2. The summed E-state index contributed by atoms with van der Waals surface area (Å²) in [5.41, 5.74) is 2.22. The Balaban J connectivity index is 1.53. The fourth-order valence-electron chi connectivity index (χ4n) is 2.31. The number of ether oxygens (including phenoxy) is 2. The van der Waals surface area contributed by atoms with Crippen molar-refractivity contribution in [2.45, 2.75) is 12.7 Å². The van der Waals surface area contributed by atoms with Gasteiger partial charge in [-0.3, -0.25) is 4.79 Å². The van der Waals surface area contributed by atoms with E-state index in [0.717, 1.165) is 5.56 Å². The van der Waals surface area contributed by atoms with E-state index in [9.17, 15) is 13.2 Å². The number of aryl methyl sites for hydroxylation is 1. The molecule has 1 aliphatic rings. The van der Waals surface area contributed by atoms with Gasteiger partial charge in [0.2, 0.25) is 22.7 Å². The van der Waals surface area contributed by atoms with Crippen molar-refractivity contribution in [3.63, 3.8) is 0 Å². The van der Waals surface area contributed by atoms with Crippen LogP contribution < -0.4 is 19.5 Å². The highest BCUT2D eigenvalue weighted by atomic mass is 32.2. The van der Waals surface area contributed by atoms with Crippen LogP contribution in [0.4, 0.5) is 5.69 Å². The normalized spacial score (nSPS) is 12.8. The molecule has 7 nitrogen and oxygen atoms in total. The van der Waals surface area contributed by atoms with Gasteiger partial charge in [0, 0.05) is 11.8 Å². The monoisotopic (exact) mass is 362 g/mol.